The number of aromatic nitrogens is 1. The van der Waals surface area contributed by atoms with E-state index < -0.39 is 23.5 Å². The van der Waals surface area contributed by atoms with Crippen molar-refractivity contribution in [3.63, 3.8) is 0 Å². The fourth-order valence-electron chi connectivity index (χ4n) is 4.19. The van der Waals surface area contributed by atoms with Crippen molar-refractivity contribution >= 4 is 23.0 Å². The van der Waals surface area contributed by atoms with Crippen LogP contribution in [0.3, 0.4) is 0 Å². The number of Topliss-reactive ketones (excluding diaryl/α,β-unsaturated/α-hetero) is 1. The van der Waals surface area contributed by atoms with Gasteiger partial charge in [-0.05, 0) is 13.0 Å². The average molecular weight is 495 g/mol. The van der Waals surface area contributed by atoms with Gasteiger partial charge in [0.25, 0.3) is 5.91 Å². The van der Waals surface area contributed by atoms with Crippen LogP contribution in [0.25, 0.3) is 10.6 Å². The zero-order valence-corrected chi connectivity index (χ0v) is 20.7. The maximum Gasteiger partial charge on any atom is 0.290 e. The molecule has 3 aromatic rings. The lowest BCUT2D eigenvalue weighted by Crippen LogP contribution is -2.34. The fraction of sp³-hybridized carbons (Fsp3) is 0.269. The molecule has 2 heterocycles. The Labute approximate surface area is 207 Å². The summed E-state index contributed by atoms with van der Waals surface area (Å²) >= 11 is 1.23. The first-order chi connectivity index (χ1) is 16.9. The molecule has 8 nitrogen and oxygen atoms in total. The van der Waals surface area contributed by atoms with Crippen LogP contribution in [0.2, 0.25) is 0 Å². The largest absolute Gasteiger partial charge is 0.503 e. The maximum absolute atomic E-state index is 13.9. The van der Waals surface area contributed by atoms with Crippen LogP contribution < -0.4 is 9.47 Å². The number of aliphatic hydroxyl groups excluding tert-OH is 1. The second-order valence-electron chi connectivity index (χ2n) is 7.87. The number of hydrogen-bond acceptors (Lipinski definition) is 8. The molecule has 0 saturated carbocycles. The number of methoxy groups -OCH3 is 3. The molecule has 0 saturated heterocycles. The molecule has 35 heavy (non-hydrogen) atoms. The van der Waals surface area contributed by atoms with Gasteiger partial charge in [-0.15, -0.1) is 11.3 Å². The van der Waals surface area contributed by atoms with Crippen molar-refractivity contribution in [3.05, 3.63) is 76.0 Å². The highest BCUT2D eigenvalue weighted by molar-refractivity contribution is 7.17. The smallest absolute Gasteiger partial charge is 0.290 e. The molecule has 1 aromatic heterocycles. The summed E-state index contributed by atoms with van der Waals surface area (Å²) in [6.07, 6.45) is 0. The Morgan fingerprint density at radius 3 is 2.49 bits per heavy atom. The van der Waals surface area contributed by atoms with Crippen molar-refractivity contribution in [1.82, 2.24) is 9.88 Å². The third kappa shape index (κ3) is 4.40. The Morgan fingerprint density at radius 2 is 1.83 bits per heavy atom. The van der Waals surface area contributed by atoms with E-state index in [1.54, 1.807) is 25.1 Å². The van der Waals surface area contributed by atoms with Crippen LogP contribution in [0.1, 0.15) is 27.0 Å². The third-order valence-corrected chi connectivity index (χ3v) is 7.04. The van der Waals surface area contributed by atoms with Crippen molar-refractivity contribution in [2.75, 3.05) is 34.5 Å². The second kappa shape index (κ2) is 10.3. The summed E-state index contributed by atoms with van der Waals surface area (Å²) in [5.74, 6) is -0.868. The fourth-order valence-corrected chi connectivity index (χ4v) is 5.22. The van der Waals surface area contributed by atoms with E-state index in [1.165, 1.54) is 37.6 Å². The van der Waals surface area contributed by atoms with Gasteiger partial charge in [-0.1, -0.05) is 42.5 Å². The molecule has 1 atom stereocenters. The SMILES string of the molecule is COCCN1C(=O)C(O)=C(C(=O)c2sc(-c3ccccc3)nc2C)C1c1cccc(OC)c1OC. The molecule has 9 heteroatoms. The molecule has 0 spiro atoms. The molecule has 0 aliphatic carbocycles. The Balaban J connectivity index is 1.84. The minimum Gasteiger partial charge on any atom is -0.503 e. The molecule has 1 unspecified atom stereocenters. The Hall–Kier alpha value is -3.69. The highest BCUT2D eigenvalue weighted by Crippen LogP contribution is 2.46. The summed E-state index contributed by atoms with van der Waals surface area (Å²) in [6, 6.07) is 13.9. The standard InChI is InChI=1S/C26H26N2O6S/c1-15-24(35-25(27-15)16-9-6-5-7-10-16)21(29)19-20(28(13-14-32-2)26(31)22(19)30)17-11-8-12-18(33-3)23(17)34-4/h5-12,20,30H,13-14H2,1-4H3. The summed E-state index contributed by atoms with van der Waals surface area (Å²) in [5, 5.41) is 11.6. The van der Waals surface area contributed by atoms with Gasteiger partial charge in [-0.2, -0.15) is 0 Å². The van der Waals surface area contributed by atoms with Gasteiger partial charge in [0.15, 0.2) is 17.3 Å². The van der Waals surface area contributed by atoms with Crippen LogP contribution in [0, 0.1) is 6.92 Å². The van der Waals surface area contributed by atoms with Crippen molar-refractivity contribution < 1.29 is 28.9 Å². The second-order valence-corrected chi connectivity index (χ2v) is 8.87. The molecule has 1 aliphatic heterocycles. The van der Waals surface area contributed by atoms with Gasteiger partial charge in [-0.25, -0.2) is 4.98 Å². The number of benzene rings is 2. The molecule has 0 radical (unpaired) electrons. The lowest BCUT2D eigenvalue weighted by molar-refractivity contribution is -0.130. The molecule has 0 fully saturated rings. The Morgan fingerprint density at radius 1 is 1.09 bits per heavy atom. The quantitative estimate of drug-likeness (QED) is 0.441. The van der Waals surface area contributed by atoms with Crippen LogP contribution in [0.15, 0.2) is 59.9 Å². The van der Waals surface area contributed by atoms with Crippen molar-refractivity contribution in [2.24, 2.45) is 0 Å². The summed E-state index contributed by atoms with van der Waals surface area (Å²) in [7, 11) is 4.52. The van der Waals surface area contributed by atoms with Gasteiger partial charge in [0.2, 0.25) is 5.78 Å². The molecule has 1 aliphatic rings. The minimum absolute atomic E-state index is 0.0241. The van der Waals surface area contributed by atoms with E-state index in [0.29, 0.717) is 32.6 Å². The normalized spacial score (nSPS) is 15.6. The number of hydrogen-bond donors (Lipinski definition) is 1. The number of aliphatic hydroxyl groups is 1. The van der Waals surface area contributed by atoms with Crippen molar-refractivity contribution in [2.45, 2.75) is 13.0 Å². The summed E-state index contributed by atoms with van der Waals surface area (Å²) in [5.41, 5.74) is 1.91. The lowest BCUT2D eigenvalue weighted by Gasteiger charge is -2.28. The molecular formula is C26H26N2O6S. The first-order valence-corrected chi connectivity index (χ1v) is 11.8. The van der Waals surface area contributed by atoms with E-state index in [-0.39, 0.29) is 18.7 Å². The Bertz CT molecular complexity index is 1280. The zero-order valence-electron chi connectivity index (χ0n) is 19.9. The number of aryl methyl sites for hydroxylation is 1. The number of rotatable bonds is 9. The highest BCUT2D eigenvalue weighted by atomic mass is 32.1. The molecule has 1 amide bonds. The van der Waals surface area contributed by atoms with Gasteiger partial charge in [0, 0.05) is 24.8 Å². The minimum atomic E-state index is -0.892. The number of thiazole rings is 1. The van der Waals surface area contributed by atoms with Crippen LogP contribution >= 0.6 is 11.3 Å². The predicted octanol–water partition coefficient (Wildman–Crippen LogP) is 4.36. The van der Waals surface area contributed by atoms with Crippen LogP contribution in [-0.4, -0.2) is 61.2 Å². The van der Waals surface area contributed by atoms with E-state index in [0.717, 1.165) is 5.56 Å². The summed E-state index contributed by atoms with van der Waals surface area (Å²) in [6.45, 7) is 2.13. The number of ether oxygens (including phenoxy) is 3. The Kier molecular flexibility index (Phi) is 7.18. The highest BCUT2D eigenvalue weighted by Gasteiger charge is 2.45. The zero-order chi connectivity index (χ0) is 25.1. The summed E-state index contributed by atoms with van der Waals surface area (Å²) in [4.78, 5) is 33.4. The van der Waals surface area contributed by atoms with Crippen molar-refractivity contribution in [1.29, 1.82) is 0 Å². The monoisotopic (exact) mass is 494 g/mol. The molecular weight excluding hydrogens is 468 g/mol. The van der Waals surface area contributed by atoms with Crippen molar-refractivity contribution in [3.8, 4) is 22.1 Å². The van der Waals surface area contributed by atoms with E-state index in [1.807, 2.05) is 30.3 Å². The van der Waals surface area contributed by atoms with Gasteiger partial charge < -0.3 is 24.2 Å². The molecule has 2 aromatic carbocycles. The maximum atomic E-state index is 13.9. The first kappa shape index (κ1) is 24.4. The third-order valence-electron chi connectivity index (χ3n) is 5.84. The topological polar surface area (TPSA) is 98.2 Å². The number of amides is 1. The molecule has 0 bridgehead atoms. The molecule has 4 rings (SSSR count). The van der Waals surface area contributed by atoms with Crippen LogP contribution in [-0.2, 0) is 9.53 Å². The first-order valence-electron chi connectivity index (χ1n) is 10.9. The number of carbonyl (C=O) groups is 2. The van der Waals surface area contributed by atoms with Gasteiger partial charge in [-0.3, -0.25) is 9.59 Å². The van der Waals surface area contributed by atoms with Gasteiger partial charge >= 0.3 is 0 Å². The van der Waals surface area contributed by atoms with E-state index >= 15 is 0 Å². The molecule has 1 N–H and O–H groups in total. The number of carbonyl (C=O) groups excluding carboxylic acids is 2. The molecule has 182 valence electrons. The van der Waals surface area contributed by atoms with Crippen LogP contribution in [0.4, 0.5) is 0 Å². The van der Waals surface area contributed by atoms with E-state index in [4.69, 9.17) is 14.2 Å². The number of para-hydroxylation sites is 1. The average Bonchev–Trinajstić information content (AvgIpc) is 3.39. The lowest BCUT2D eigenvalue weighted by atomic mass is 9.94. The van der Waals surface area contributed by atoms with E-state index in [9.17, 15) is 14.7 Å². The number of nitrogens with zero attached hydrogens (tertiary/aromatic N) is 2. The van der Waals surface area contributed by atoms with Crippen LogP contribution in [0.5, 0.6) is 11.5 Å². The predicted molar refractivity (Wildman–Crippen MR) is 132 cm³/mol. The van der Waals surface area contributed by atoms with Gasteiger partial charge in [0.1, 0.15) is 5.01 Å². The number of ketones is 1. The summed E-state index contributed by atoms with van der Waals surface area (Å²) < 4.78 is 16.2. The van der Waals surface area contributed by atoms with Gasteiger partial charge in [0.05, 0.1) is 43.0 Å². The van der Waals surface area contributed by atoms with E-state index in [2.05, 4.69) is 4.98 Å².